The van der Waals surface area contributed by atoms with Gasteiger partial charge in [-0.05, 0) is 79.3 Å². The van der Waals surface area contributed by atoms with Crippen molar-refractivity contribution >= 4 is 22.6 Å². The number of hydrogen-bond donors (Lipinski definition) is 1. The van der Waals surface area contributed by atoms with Crippen LogP contribution in [0.15, 0.2) is 36.4 Å². The van der Waals surface area contributed by atoms with Gasteiger partial charge >= 0.3 is 5.97 Å². The zero-order valence-corrected chi connectivity index (χ0v) is 25.2. The summed E-state index contributed by atoms with van der Waals surface area (Å²) in [6, 6.07) is 13.0. The van der Waals surface area contributed by atoms with E-state index >= 15 is 0 Å². The van der Waals surface area contributed by atoms with Gasteiger partial charge in [-0.2, -0.15) is 0 Å². The number of methoxy groups -OCH3 is 1. The first kappa shape index (κ1) is 30.6. The molecule has 1 aromatic heterocycles. The van der Waals surface area contributed by atoms with E-state index in [0.717, 1.165) is 44.8 Å². The van der Waals surface area contributed by atoms with E-state index in [9.17, 15) is 9.90 Å². The fraction of sp³-hybridized carbons (Fsp3) is 0.583. The molecule has 0 bridgehead atoms. The fourth-order valence-electron chi connectivity index (χ4n) is 7.77. The van der Waals surface area contributed by atoms with Crippen molar-refractivity contribution in [2.75, 3.05) is 51.3 Å². The van der Waals surface area contributed by atoms with Crippen LogP contribution < -0.4 is 4.90 Å². The van der Waals surface area contributed by atoms with Gasteiger partial charge < -0.3 is 24.2 Å². The third-order valence-electron chi connectivity index (χ3n) is 9.93. The predicted molar refractivity (Wildman–Crippen MR) is 174 cm³/mol. The molecule has 2 fully saturated rings. The lowest BCUT2D eigenvalue weighted by Gasteiger charge is -2.35. The number of aromatic nitrogens is 1. The molecule has 3 aromatic rings. The van der Waals surface area contributed by atoms with Gasteiger partial charge in [0.05, 0.1) is 17.9 Å². The summed E-state index contributed by atoms with van der Waals surface area (Å²) in [7, 11) is 1.82. The normalized spacial score (nSPS) is 19.8. The van der Waals surface area contributed by atoms with Crippen LogP contribution in [0.5, 0.6) is 0 Å². The smallest absolute Gasteiger partial charge is 0.335 e. The molecule has 0 radical (unpaired) electrons. The van der Waals surface area contributed by atoms with Crippen LogP contribution in [0.2, 0.25) is 0 Å². The Labute approximate surface area is 252 Å². The maximum absolute atomic E-state index is 12.0. The molecular formula is C36H51N3O3. The third-order valence-corrected chi connectivity index (χ3v) is 9.93. The average molecular weight is 574 g/mol. The van der Waals surface area contributed by atoms with Crippen LogP contribution in [-0.2, 0) is 11.3 Å². The Balaban J connectivity index is 0.00000353. The number of hydrogen-bond acceptors (Lipinski definition) is 4. The second-order valence-corrected chi connectivity index (χ2v) is 13.0. The van der Waals surface area contributed by atoms with Crippen LogP contribution in [-0.4, -0.2) is 67.0 Å². The summed E-state index contributed by atoms with van der Waals surface area (Å²) in [5.74, 6) is 0.760. The zero-order chi connectivity index (χ0) is 28.5. The third kappa shape index (κ3) is 5.98. The number of benzene rings is 2. The topological polar surface area (TPSA) is 57.9 Å². The quantitative estimate of drug-likeness (QED) is 0.296. The lowest BCUT2D eigenvalue weighted by atomic mass is 9.81. The van der Waals surface area contributed by atoms with Gasteiger partial charge in [-0.15, -0.1) is 0 Å². The molecule has 228 valence electrons. The molecular weight excluding hydrogens is 522 g/mol. The number of carboxylic acids is 1. The average Bonchev–Trinajstić information content (AvgIpc) is 3.21. The minimum atomic E-state index is -0.854. The van der Waals surface area contributed by atoms with E-state index in [1.165, 1.54) is 84.9 Å². The van der Waals surface area contributed by atoms with Crippen LogP contribution in [0.4, 0.5) is 5.69 Å². The number of aromatic carboxylic acids is 1. The van der Waals surface area contributed by atoms with Crippen molar-refractivity contribution in [3.63, 3.8) is 0 Å². The molecule has 0 spiro atoms. The van der Waals surface area contributed by atoms with Gasteiger partial charge in [-0.1, -0.05) is 58.7 Å². The Kier molecular flexibility index (Phi) is 9.64. The summed E-state index contributed by atoms with van der Waals surface area (Å²) in [5.41, 5.74) is 8.29. The molecule has 1 atom stereocenters. The summed E-state index contributed by atoms with van der Waals surface area (Å²) in [6.45, 7) is 11.5. The molecule has 1 aliphatic carbocycles. The van der Waals surface area contributed by atoms with Crippen LogP contribution in [0.25, 0.3) is 22.2 Å². The lowest BCUT2D eigenvalue weighted by Crippen LogP contribution is -2.42. The number of piperidine rings is 1. The van der Waals surface area contributed by atoms with Crippen molar-refractivity contribution < 1.29 is 14.6 Å². The highest BCUT2D eigenvalue weighted by Gasteiger charge is 2.31. The number of carbonyl (C=O) groups is 1. The van der Waals surface area contributed by atoms with E-state index < -0.39 is 5.97 Å². The largest absolute Gasteiger partial charge is 0.478 e. The Morgan fingerprint density at radius 3 is 2.52 bits per heavy atom. The van der Waals surface area contributed by atoms with Crippen molar-refractivity contribution in [2.45, 2.75) is 84.6 Å². The van der Waals surface area contributed by atoms with E-state index in [2.05, 4.69) is 52.5 Å². The first-order valence-corrected chi connectivity index (χ1v) is 15.9. The van der Waals surface area contributed by atoms with Gasteiger partial charge in [0.25, 0.3) is 0 Å². The second kappa shape index (κ2) is 13.2. The van der Waals surface area contributed by atoms with Crippen molar-refractivity contribution in [1.82, 2.24) is 9.47 Å². The molecule has 1 unspecified atom stereocenters. The molecule has 6 heteroatoms. The molecule has 42 heavy (non-hydrogen) atoms. The molecule has 1 saturated carbocycles. The molecule has 6 nitrogen and oxygen atoms in total. The monoisotopic (exact) mass is 573 g/mol. The summed E-state index contributed by atoms with van der Waals surface area (Å²) < 4.78 is 7.96. The number of carboxylic acid groups (broad SMARTS) is 1. The molecule has 3 aliphatic rings. The van der Waals surface area contributed by atoms with E-state index in [1.54, 1.807) is 6.07 Å². The minimum Gasteiger partial charge on any atom is -0.478 e. The van der Waals surface area contributed by atoms with Crippen LogP contribution in [0.3, 0.4) is 0 Å². The van der Waals surface area contributed by atoms with Gasteiger partial charge in [0.15, 0.2) is 0 Å². The summed E-state index contributed by atoms with van der Waals surface area (Å²) in [6.07, 6.45) is 8.80. The van der Waals surface area contributed by atoms with Crippen LogP contribution in [0.1, 0.15) is 99.5 Å². The minimum absolute atomic E-state index is 0. The molecule has 1 saturated heterocycles. The van der Waals surface area contributed by atoms with Crippen molar-refractivity contribution in [3.8, 4) is 11.3 Å². The number of anilines is 1. The van der Waals surface area contributed by atoms with Gasteiger partial charge in [0.2, 0.25) is 0 Å². The predicted octanol–water partition coefficient (Wildman–Crippen LogP) is 7.99. The second-order valence-electron chi connectivity index (χ2n) is 13.0. The van der Waals surface area contributed by atoms with Crippen molar-refractivity contribution in [1.29, 1.82) is 0 Å². The van der Waals surface area contributed by atoms with E-state index in [-0.39, 0.29) is 7.43 Å². The highest BCUT2D eigenvalue weighted by molar-refractivity contribution is 5.99. The molecule has 2 aromatic carbocycles. The summed E-state index contributed by atoms with van der Waals surface area (Å²) >= 11 is 0. The van der Waals surface area contributed by atoms with E-state index in [0.29, 0.717) is 23.3 Å². The lowest BCUT2D eigenvalue weighted by molar-refractivity contribution is 0.0697. The van der Waals surface area contributed by atoms with E-state index in [1.807, 2.05) is 13.2 Å². The molecule has 1 N–H and O–H groups in total. The first-order chi connectivity index (χ1) is 19.9. The SMILES string of the molecule is C.COCC1CCCN(CCN2CCn3c(c(C4CCCCC4)c4ccc(C(=O)O)cc43)-c3ccc(C(C)C)cc32)C1. The Bertz CT molecular complexity index is 1390. The number of likely N-dealkylation sites (tertiary alicyclic amines) is 1. The number of nitrogens with zero attached hydrogens (tertiary/aromatic N) is 3. The van der Waals surface area contributed by atoms with Crippen molar-refractivity contribution in [2.24, 2.45) is 5.92 Å². The maximum Gasteiger partial charge on any atom is 0.335 e. The van der Waals surface area contributed by atoms with Crippen LogP contribution >= 0.6 is 0 Å². The summed E-state index contributed by atoms with van der Waals surface area (Å²) in [4.78, 5) is 17.3. The van der Waals surface area contributed by atoms with E-state index in [4.69, 9.17) is 4.74 Å². The van der Waals surface area contributed by atoms with Gasteiger partial charge in [0.1, 0.15) is 0 Å². The Morgan fingerprint density at radius 2 is 1.79 bits per heavy atom. The summed E-state index contributed by atoms with van der Waals surface area (Å²) in [5, 5.41) is 11.1. The molecule has 2 aliphatic heterocycles. The highest BCUT2D eigenvalue weighted by Crippen LogP contribution is 2.48. The van der Waals surface area contributed by atoms with Gasteiger partial charge in [-0.25, -0.2) is 4.79 Å². The zero-order valence-electron chi connectivity index (χ0n) is 25.2. The number of rotatable bonds is 8. The molecule has 6 rings (SSSR count). The maximum atomic E-state index is 12.0. The Hall–Kier alpha value is -2.83. The number of fused-ring (bicyclic) bond motifs is 5. The number of ether oxygens (including phenoxy) is 1. The highest BCUT2D eigenvalue weighted by atomic mass is 16.5. The van der Waals surface area contributed by atoms with Crippen molar-refractivity contribution in [3.05, 3.63) is 53.1 Å². The standard InChI is InChI=1S/C35H47N3O3.CH4/c1-24(2)27-11-14-30-31(20-27)37(17-16-36-15-7-8-25(22-36)23-41-3)18-19-38-32-21-28(35(39)40)12-13-29(32)33(34(30)38)26-9-5-4-6-10-26;/h11-14,20-21,24-26H,4-10,15-19,22-23H2,1-3H3,(H,39,40);1H4. The first-order valence-electron chi connectivity index (χ1n) is 15.9. The van der Waals surface area contributed by atoms with Gasteiger partial charge in [-0.3, -0.25) is 0 Å². The van der Waals surface area contributed by atoms with Crippen LogP contribution in [0, 0.1) is 5.92 Å². The molecule has 3 heterocycles. The van der Waals surface area contributed by atoms with Gasteiger partial charge in [0, 0.05) is 62.0 Å². The Morgan fingerprint density at radius 1 is 0.976 bits per heavy atom. The molecule has 0 amide bonds. The fourth-order valence-corrected chi connectivity index (χ4v) is 7.77.